The second-order valence-corrected chi connectivity index (χ2v) is 9.85. The number of aryl methyl sites for hydroxylation is 2. The number of anilines is 4. The van der Waals surface area contributed by atoms with E-state index in [9.17, 15) is 9.59 Å². The van der Waals surface area contributed by atoms with E-state index in [0.717, 1.165) is 43.8 Å². The van der Waals surface area contributed by atoms with Gasteiger partial charge in [0, 0.05) is 13.1 Å². The molecular formula is C32H32N6O2. The van der Waals surface area contributed by atoms with Gasteiger partial charge in [-0.15, -0.1) is 0 Å². The Bertz CT molecular complexity index is 1560. The zero-order chi connectivity index (χ0) is 28.2. The van der Waals surface area contributed by atoms with Gasteiger partial charge >= 0.3 is 12.1 Å². The van der Waals surface area contributed by atoms with Crippen molar-refractivity contribution in [2.75, 3.05) is 22.1 Å². The first-order chi connectivity index (χ1) is 19.3. The molecular weight excluding hydrogens is 500 g/mol. The number of nitrogens with one attached hydrogen (secondary N) is 4. The van der Waals surface area contributed by atoms with Crippen LogP contribution in [-0.2, 0) is 13.1 Å². The van der Waals surface area contributed by atoms with Gasteiger partial charge in [0.2, 0.25) is 0 Å². The number of amides is 4. The Morgan fingerprint density at radius 3 is 1.25 bits per heavy atom. The highest BCUT2D eigenvalue weighted by Gasteiger charge is 2.16. The minimum Gasteiger partial charge on any atom is -0.397 e. The first kappa shape index (κ1) is 26.4. The first-order valence-electron chi connectivity index (χ1n) is 13.0. The summed E-state index contributed by atoms with van der Waals surface area (Å²) in [5.74, 6) is 0. The number of benzene rings is 5. The summed E-state index contributed by atoms with van der Waals surface area (Å²) in [7, 11) is 0. The largest absolute Gasteiger partial charge is 0.397 e. The molecule has 4 amide bonds. The van der Waals surface area contributed by atoms with Gasteiger partial charge in [0.25, 0.3) is 0 Å². The molecule has 5 aromatic rings. The molecule has 202 valence electrons. The molecule has 0 saturated heterocycles. The summed E-state index contributed by atoms with van der Waals surface area (Å²) in [4.78, 5) is 25.6. The Balaban J connectivity index is 1.40. The smallest absolute Gasteiger partial charge is 0.319 e. The zero-order valence-corrected chi connectivity index (χ0v) is 22.5. The summed E-state index contributed by atoms with van der Waals surface area (Å²) < 4.78 is 0. The standard InChI is InChI=1S/C32H32N6O2/c1-19-11-13-29(27(33)15-19)37-31(39)35-17-25-21-7-3-5-9-23(21)26(24-10-6-4-8-22(24)25)18-36-32(40)38-30-14-12-20(2)16-28(30)34/h3-16H,17-18,33-34H2,1-2H3,(H2,35,37,39)(H2,36,38,40). The van der Waals surface area contributed by atoms with Crippen molar-refractivity contribution in [2.24, 2.45) is 0 Å². The molecule has 0 unspecified atom stereocenters. The van der Waals surface area contributed by atoms with Crippen molar-refractivity contribution in [3.63, 3.8) is 0 Å². The van der Waals surface area contributed by atoms with Crippen LogP contribution in [0.5, 0.6) is 0 Å². The van der Waals surface area contributed by atoms with Crippen LogP contribution in [0.25, 0.3) is 21.5 Å². The topological polar surface area (TPSA) is 134 Å². The first-order valence-corrected chi connectivity index (χ1v) is 13.0. The summed E-state index contributed by atoms with van der Waals surface area (Å²) >= 11 is 0. The van der Waals surface area contributed by atoms with Gasteiger partial charge in [-0.1, -0.05) is 60.7 Å². The Kier molecular flexibility index (Phi) is 7.41. The summed E-state index contributed by atoms with van der Waals surface area (Å²) in [5, 5.41) is 15.6. The van der Waals surface area contributed by atoms with Gasteiger partial charge < -0.3 is 32.7 Å². The molecule has 0 aliphatic rings. The molecule has 0 aliphatic carbocycles. The number of nitrogens with two attached hydrogens (primary N) is 2. The Morgan fingerprint density at radius 1 is 0.575 bits per heavy atom. The highest BCUT2D eigenvalue weighted by atomic mass is 16.2. The minimum atomic E-state index is -0.346. The summed E-state index contributed by atoms with van der Waals surface area (Å²) in [6, 6.07) is 26.3. The third-order valence-corrected chi connectivity index (χ3v) is 6.92. The van der Waals surface area contributed by atoms with Crippen molar-refractivity contribution in [1.82, 2.24) is 10.6 Å². The summed E-state index contributed by atoms with van der Waals surface area (Å²) in [5.41, 5.74) is 18.3. The predicted molar refractivity (Wildman–Crippen MR) is 164 cm³/mol. The molecule has 5 rings (SSSR count). The third kappa shape index (κ3) is 5.61. The zero-order valence-electron chi connectivity index (χ0n) is 22.5. The van der Waals surface area contributed by atoms with E-state index in [1.165, 1.54) is 0 Å². The van der Waals surface area contributed by atoms with Gasteiger partial charge in [0.15, 0.2) is 0 Å². The maximum absolute atomic E-state index is 12.8. The molecule has 0 atom stereocenters. The molecule has 40 heavy (non-hydrogen) atoms. The van der Waals surface area contributed by atoms with Gasteiger partial charge in [-0.05, 0) is 81.9 Å². The summed E-state index contributed by atoms with van der Waals surface area (Å²) in [6.07, 6.45) is 0. The average Bonchev–Trinajstić information content (AvgIpc) is 2.93. The van der Waals surface area contributed by atoms with E-state index in [2.05, 4.69) is 21.3 Å². The Hall–Kier alpha value is -5.24. The van der Waals surface area contributed by atoms with Crippen LogP contribution in [0.2, 0.25) is 0 Å². The number of carbonyl (C=O) groups excluding carboxylic acids is 2. The SMILES string of the molecule is Cc1ccc(NC(=O)NCc2c3ccccc3c(CNC(=O)Nc3ccc(C)cc3N)c3ccccc23)c(N)c1. The lowest BCUT2D eigenvalue weighted by Gasteiger charge is -2.18. The van der Waals surface area contributed by atoms with Gasteiger partial charge in [-0.3, -0.25) is 0 Å². The van der Waals surface area contributed by atoms with Gasteiger partial charge in [-0.25, -0.2) is 9.59 Å². The maximum atomic E-state index is 12.8. The van der Waals surface area contributed by atoms with Crippen molar-refractivity contribution < 1.29 is 9.59 Å². The molecule has 8 nitrogen and oxygen atoms in total. The molecule has 8 heteroatoms. The van der Waals surface area contributed by atoms with Crippen molar-refractivity contribution in [3.8, 4) is 0 Å². The maximum Gasteiger partial charge on any atom is 0.319 e. The lowest BCUT2D eigenvalue weighted by Crippen LogP contribution is -2.29. The fourth-order valence-electron chi connectivity index (χ4n) is 4.95. The molecule has 0 aliphatic heterocycles. The number of carbonyl (C=O) groups is 2. The van der Waals surface area contributed by atoms with E-state index < -0.39 is 0 Å². The van der Waals surface area contributed by atoms with Crippen LogP contribution >= 0.6 is 0 Å². The molecule has 0 aromatic heterocycles. The lowest BCUT2D eigenvalue weighted by molar-refractivity contribution is 0.251. The molecule has 0 radical (unpaired) electrons. The Labute approximate surface area is 232 Å². The highest BCUT2D eigenvalue weighted by Crippen LogP contribution is 2.33. The fourth-order valence-corrected chi connectivity index (χ4v) is 4.95. The normalized spacial score (nSPS) is 10.8. The summed E-state index contributed by atoms with van der Waals surface area (Å²) in [6.45, 7) is 4.50. The monoisotopic (exact) mass is 532 g/mol. The van der Waals surface area contributed by atoms with Gasteiger partial charge in [0.1, 0.15) is 0 Å². The van der Waals surface area contributed by atoms with Crippen LogP contribution in [0.15, 0.2) is 84.9 Å². The number of rotatable bonds is 6. The lowest BCUT2D eigenvalue weighted by atomic mass is 9.91. The molecule has 0 spiro atoms. The van der Waals surface area contributed by atoms with E-state index in [0.29, 0.717) is 35.8 Å². The highest BCUT2D eigenvalue weighted by molar-refractivity contribution is 6.06. The van der Waals surface area contributed by atoms with E-state index >= 15 is 0 Å². The number of urea groups is 2. The average molecular weight is 533 g/mol. The fraction of sp³-hybridized carbons (Fsp3) is 0.125. The molecule has 0 bridgehead atoms. The van der Waals surface area contributed by atoms with Crippen molar-refractivity contribution >= 4 is 56.4 Å². The molecule has 5 aromatic carbocycles. The number of hydrogen-bond acceptors (Lipinski definition) is 4. The quantitative estimate of drug-likeness (QED) is 0.111. The van der Waals surface area contributed by atoms with Crippen LogP contribution < -0.4 is 32.7 Å². The number of fused-ring (bicyclic) bond motifs is 2. The number of nitrogen functional groups attached to an aromatic ring is 2. The van der Waals surface area contributed by atoms with E-state index in [1.54, 1.807) is 12.1 Å². The van der Waals surface area contributed by atoms with Crippen LogP contribution in [0, 0.1) is 13.8 Å². The molecule has 8 N–H and O–H groups in total. The molecule has 0 heterocycles. The van der Waals surface area contributed by atoms with Crippen molar-refractivity contribution in [1.29, 1.82) is 0 Å². The second-order valence-electron chi connectivity index (χ2n) is 9.85. The van der Waals surface area contributed by atoms with Crippen LogP contribution in [0.1, 0.15) is 22.3 Å². The minimum absolute atomic E-state index is 0.305. The Morgan fingerprint density at radius 2 is 0.925 bits per heavy atom. The van der Waals surface area contributed by atoms with Crippen LogP contribution in [-0.4, -0.2) is 12.1 Å². The van der Waals surface area contributed by atoms with E-state index in [1.807, 2.05) is 86.6 Å². The van der Waals surface area contributed by atoms with E-state index in [-0.39, 0.29) is 12.1 Å². The van der Waals surface area contributed by atoms with Crippen LogP contribution in [0.4, 0.5) is 32.3 Å². The van der Waals surface area contributed by atoms with E-state index in [4.69, 9.17) is 11.5 Å². The third-order valence-electron chi connectivity index (χ3n) is 6.92. The van der Waals surface area contributed by atoms with Crippen molar-refractivity contribution in [3.05, 3.63) is 107 Å². The second kappa shape index (κ2) is 11.2. The number of hydrogen-bond donors (Lipinski definition) is 6. The van der Waals surface area contributed by atoms with Crippen molar-refractivity contribution in [2.45, 2.75) is 26.9 Å². The van der Waals surface area contributed by atoms with Gasteiger partial charge in [-0.2, -0.15) is 0 Å². The van der Waals surface area contributed by atoms with Crippen LogP contribution in [0.3, 0.4) is 0 Å². The molecule has 0 fully saturated rings. The van der Waals surface area contributed by atoms with Gasteiger partial charge in [0.05, 0.1) is 22.7 Å². The predicted octanol–water partition coefficient (Wildman–Crippen LogP) is 6.42. The molecule has 0 saturated carbocycles.